The fourth-order valence-corrected chi connectivity index (χ4v) is 3.64. The molecular formula is C17H21OP. The molecule has 0 aliphatic carbocycles. The predicted molar refractivity (Wildman–Crippen MR) is 84.8 cm³/mol. The first-order valence-electron chi connectivity index (χ1n) is 6.66. The molecule has 0 heterocycles. The molecule has 0 N–H and O–H groups in total. The van der Waals surface area contributed by atoms with Gasteiger partial charge in [-0.3, -0.25) is 0 Å². The van der Waals surface area contributed by atoms with Gasteiger partial charge in [0.15, 0.2) is 0 Å². The van der Waals surface area contributed by atoms with Crippen molar-refractivity contribution in [2.24, 2.45) is 0 Å². The van der Waals surface area contributed by atoms with E-state index in [4.69, 9.17) is 4.52 Å². The van der Waals surface area contributed by atoms with E-state index in [9.17, 15) is 0 Å². The highest BCUT2D eigenvalue weighted by Gasteiger charge is 2.16. The van der Waals surface area contributed by atoms with Crippen LogP contribution in [0.3, 0.4) is 0 Å². The maximum absolute atomic E-state index is 6.17. The Bertz CT molecular complexity index is 468. The number of hydrogen-bond acceptors (Lipinski definition) is 1. The fourth-order valence-electron chi connectivity index (χ4n) is 1.84. The molecule has 0 amide bonds. The van der Waals surface area contributed by atoms with Crippen LogP contribution in [0.5, 0.6) is 0 Å². The lowest BCUT2D eigenvalue weighted by atomic mass is 10.2. The van der Waals surface area contributed by atoms with Crippen molar-refractivity contribution in [3.05, 3.63) is 59.7 Å². The van der Waals surface area contributed by atoms with E-state index in [-0.39, 0.29) is 6.10 Å². The number of hydrogen-bond donors (Lipinski definition) is 0. The Hall–Kier alpha value is -1.17. The molecule has 0 spiro atoms. The topological polar surface area (TPSA) is 9.23 Å². The Kier molecular flexibility index (Phi) is 4.74. The van der Waals surface area contributed by atoms with E-state index in [0.717, 1.165) is 0 Å². The van der Waals surface area contributed by atoms with Gasteiger partial charge in [0, 0.05) is 10.6 Å². The molecule has 0 saturated carbocycles. The highest BCUT2D eigenvalue weighted by Crippen LogP contribution is 2.36. The molecule has 19 heavy (non-hydrogen) atoms. The van der Waals surface area contributed by atoms with Gasteiger partial charge in [-0.2, -0.15) is 0 Å². The van der Waals surface area contributed by atoms with Crippen molar-refractivity contribution in [2.45, 2.75) is 33.8 Å². The lowest BCUT2D eigenvalue weighted by molar-refractivity contribution is 0.278. The molecule has 100 valence electrons. The Morgan fingerprint density at radius 2 is 1.11 bits per heavy atom. The summed E-state index contributed by atoms with van der Waals surface area (Å²) in [6.07, 6.45) is 0.230. The van der Waals surface area contributed by atoms with E-state index in [1.807, 2.05) is 0 Å². The van der Waals surface area contributed by atoms with Gasteiger partial charge in [0.05, 0.1) is 14.3 Å². The van der Waals surface area contributed by atoms with E-state index < -0.39 is 8.15 Å². The van der Waals surface area contributed by atoms with E-state index in [2.05, 4.69) is 76.2 Å². The molecule has 0 atom stereocenters. The summed E-state index contributed by atoms with van der Waals surface area (Å²) in [4.78, 5) is 0. The minimum absolute atomic E-state index is 0.230. The van der Waals surface area contributed by atoms with Crippen LogP contribution in [0.15, 0.2) is 48.5 Å². The lowest BCUT2D eigenvalue weighted by Gasteiger charge is -2.21. The highest BCUT2D eigenvalue weighted by atomic mass is 31.1. The van der Waals surface area contributed by atoms with Crippen LogP contribution in [-0.2, 0) is 4.52 Å². The van der Waals surface area contributed by atoms with E-state index >= 15 is 0 Å². The highest BCUT2D eigenvalue weighted by molar-refractivity contribution is 7.68. The van der Waals surface area contributed by atoms with E-state index in [1.54, 1.807) is 0 Å². The molecule has 2 aromatic carbocycles. The number of aryl methyl sites for hydroxylation is 2. The van der Waals surface area contributed by atoms with Crippen molar-refractivity contribution in [3.8, 4) is 0 Å². The summed E-state index contributed by atoms with van der Waals surface area (Å²) in [5.74, 6) is 0. The number of rotatable bonds is 4. The second-order valence-electron chi connectivity index (χ2n) is 5.12. The molecule has 0 bridgehead atoms. The van der Waals surface area contributed by atoms with Crippen molar-refractivity contribution < 1.29 is 4.52 Å². The molecule has 1 nitrogen and oxygen atoms in total. The van der Waals surface area contributed by atoms with Gasteiger partial charge < -0.3 is 4.52 Å². The normalized spacial score (nSPS) is 11.3. The molecule has 2 rings (SSSR count). The second-order valence-corrected chi connectivity index (χ2v) is 6.95. The maximum atomic E-state index is 6.17. The summed E-state index contributed by atoms with van der Waals surface area (Å²) >= 11 is 0. The minimum atomic E-state index is -0.715. The van der Waals surface area contributed by atoms with Crippen molar-refractivity contribution in [2.75, 3.05) is 0 Å². The molecule has 0 fully saturated rings. The molecular weight excluding hydrogens is 251 g/mol. The van der Waals surface area contributed by atoms with Crippen molar-refractivity contribution in [3.63, 3.8) is 0 Å². The summed E-state index contributed by atoms with van der Waals surface area (Å²) in [7, 11) is -0.715. The first kappa shape index (κ1) is 14.2. The SMILES string of the molecule is Cc1ccc(P(OC(C)C)c2ccc(C)cc2)cc1. The molecule has 2 heteroatoms. The van der Waals surface area contributed by atoms with Crippen LogP contribution < -0.4 is 10.6 Å². The van der Waals surface area contributed by atoms with Gasteiger partial charge in [-0.05, 0) is 27.7 Å². The zero-order valence-corrected chi connectivity index (χ0v) is 12.9. The standard InChI is InChI=1S/C17H21OP/c1-13(2)18-19(16-9-5-14(3)6-10-16)17-11-7-15(4)8-12-17/h5-13H,1-4H3. The fraction of sp³-hybridized carbons (Fsp3) is 0.294. The predicted octanol–water partition coefficient (Wildman–Crippen LogP) is 4.08. The monoisotopic (exact) mass is 272 g/mol. The minimum Gasteiger partial charge on any atom is -0.347 e. The van der Waals surface area contributed by atoms with E-state index in [1.165, 1.54) is 21.7 Å². The Morgan fingerprint density at radius 1 is 0.737 bits per heavy atom. The van der Waals surface area contributed by atoms with Crippen LogP contribution in [0.25, 0.3) is 0 Å². The molecule has 0 aliphatic heterocycles. The van der Waals surface area contributed by atoms with Gasteiger partial charge in [0.2, 0.25) is 0 Å². The lowest BCUT2D eigenvalue weighted by Crippen LogP contribution is -2.16. The largest absolute Gasteiger partial charge is 0.347 e. The molecule has 0 aliphatic rings. The van der Waals surface area contributed by atoms with Gasteiger partial charge in [0.25, 0.3) is 0 Å². The summed E-state index contributed by atoms with van der Waals surface area (Å²) in [6, 6.07) is 17.4. The van der Waals surface area contributed by atoms with Crippen LogP contribution in [0.1, 0.15) is 25.0 Å². The van der Waals surface area contributed by atoms with E-state index in [0.29, 0.717) is 0 Å². The van der Waals surface area contributed by atoms with Crippen LogP contribution in [0, 0.1) is 13.8 Å². The Morgan fingerprint density at radius 3 is 1.42 bits per heavy atom. The summed E-state index contributed by atoms with van der Waals surface area (Å²) in [5, 5.41) is 2.55. The van der Waals surface area contributed by atoms with Crippen molar-refractivity contribution in [1.29, 1.82) is 0 Å². The molecule has 0 saturated heterocycles. The molecule has 2 aromatic rings. The van der Waals surface area contributed by atoms with Crippen LogP contribution in [0.2, 0.25) is 0 Å². The van der Waals surface area contributed by atoms with Gasteiger partial charge in [0.1, 0.15) is 0 Å². The molecule has 0 radical (unpaired) electrons. The zero-order chi connectivity index (χ0) is 13.8. The third-order valence-corrected chi connectivity index (χ3v) is 5.02. The third kappa shape index (κ3) is 3.89. The Labute approximate surface area is 117 Å². The maximum Gasteiger partial charge on any atom is 0.0921 e. The smallest absolute Gasteiger partial charge is 0.0921 e. The van der Waals surface area contributed by atoms with Gasteiger partial charge in [-0.25, -0.2) is 0 Å². The van der Waals surface area contributed by atoms with Crippen LogP contribution in [-0.4, -0.2) is 6.10 Å². The average molecular weight is 272 g/mol. The van der Waals surface area contributed by atoms with Crippen LogP contribution >= 0.6 is 8.15 Å². The van der Waals surface area contributed by atoms with Crippen molar-refractivity contribution in [1.82, 2.24) is 0 Å². The van der Waals surface area contributed by atoms with Gasteiger partial charge in [-0.15, -0.1) is 0 Å². The Balaban J connectivity index is 2.35. The van der Waals surface area contributed by atoms with Gasteiger partial charge >= 0.3 is 0 Å². The zero-order valence-electron chi connectivity index (χ0n) is 12.1. The van der Waals surface area contributed by atoms with Crippen molar-refractivity contribution >= 4 is 18.8 Å². The third-order valence-electron chi connectivity index (χ3n) is 2.85. The summed E-state index contributed by atoms with van der Waals surface area (Å²) < 4.78 is 6.17. The van der Waals surface area contributed by atoms with Crippen LogP contribution in [0.4, 0.5) is 0 Å². The second kappa shape index (κ2) is 6.32. The molecule has 0 unspecified atom stereocenters. The number of benzene rings is 2. The first-order chi connectivity index (χ1) is 9.06. The average Bonchev–Trinajstić information content (AvgIpc) is 2.38. The molecule has 0 aromatic heterocycles. The summed E-state index contributed by atoms with van der Waals surface area (Å²) in [6.45, 7) is 8.41. The summed E-state index contributed by atoms with van der Waals surface area (Å²) in [5.41, 5.74) is 2.57. The quantitative estimate of drug-likeness (QED) is 0.762. The van der Waals surface area contributed by atoms with Gasteiger partial charge in [-0.1, -0.05) is 59.7 Å². The first-order valence-corrected chi connectivity index (χ1v) is 7.92.